The van der Waals surface area contributed by atoms with Crippen LogP contribution in [0.3, 0.4) is 0 Å². The highest BCUT2D eigenvalue weighted by molar-refractivity contribution is 5.97. The first-order valence-electron chi connectivity index (χ1n) is 5.49. The van der Waals surface area contributed by atoms with Gasteiger partial charge in [0.25, 0.3) is 5.91 Å². The number of aromatic hydroxyl groups is 1. The SMILES string of the molecule is COCC(CN)NC(=O)c1cc(OC)ccc1O. The van der Waals surface area contributed by atoms with Crippen LogP contribution >= 0.6 is 0 Å². The zero-order chi connectivity index (χ0) is 13.5. The maximum Gasteiger partial charge on any atom is 0.255 e. The van der Waals surface area contributed by atoms with Gasteiger partial charge in [0, 0.05) is 13.7 Å². The summed E-state index contributed by atoms with van der Waals surface area (Å²) >= 11 is 0. The highest BCUT2D eigenvalue weighted by atomic mass is 16.5. The number of phenols is 1. The van der Waals surface area contributed by atoms with Crippen molar-refractivity contribution in [3.8, 4) is 11.5 Å². The molecule has 1 aromatic carbocycles. The number of hydrogen-bond acceptors (Lipinski definition) is 5. The van der Waals surface area contributed by atoms with E-state index in [4.69, 9.17) is 15.2 Å². The minimum atomic E-state index is -0.418. The Bertz CT molecular complexity index is 409. The van der Waals surface area contributed by atoms with Crippen molar-refractivity contribution < 1.29 is 19.4 Å². The van der Waals surface area contributed by atoms with Gasteiger partial charge >= 0.3 is 0 Å². The first-order chi connectivity index (χ1) is 8.62. The Labute approximate surface area is 106 Å². The van der Waals surface area contributed by atoms with Gasteiger partial charge in [0.05, 0.1) is 25.3 Å². The molecule has 4 N–H and O–H groups in total. The average Bonchev–Trinajstić information content (AvgIpc) is 2.38. The highest BCUT2D eigenvalue weighted by Gasteiger charge is 2.16. The standard InChI is InChI=1S/C12H18N2O4/c1-17-7-8(6-13)14-12(16)10-5-9(18-2)3-4-11(10)15/h3-5,8,15H,6-7,13H2,1-2H3,(H,14,16). The molecule has 0 bridgehead atoms. The van der Waals surface area contributed by atoms with Crippen molar-refractivity contribution in [2.75, 3.05) is 27.4 Å². The minimum absolute atomic E-state index is 0.110. The molecule has 0 heterocycles. The summed E-state index contributed by atoms with van der Waals surface area (Å²) in [6.45, 7) is 0.567. The maximum atomic E-state index is 11.9. The van der Waals surface area contributed by atoms with Crippen LogP contribution in [-0.4, -0.2) is 44.4 Å². The highest BCUT2D eigenvalue weighted by Crippen LogP contribution is 2.22. The quantitative estimate of drug-likeness (QED) is 0.669. The van der Waals surface area contributed by atoms with Crippen LogP contribution in [0.5, 0.6) is 11.5 Å². The van der Waals surface area contributed by atoms with Gasteiger partial charge in [-0.2, -0.15) is 0 Å². The molecule has 18 heavy (non-hydrogen) atoms. The van der Waals surface area contributed by atoms with Gasteiger partial charge < -0.3 is 25.6 Å². The molecule has 1 unspecified atom stereocenters. The van der Waals surface area contributed by atoms with Crippen molar-refractivity contribution in [1.29, 1.82) is 0 Å². The van der Waals surface area contributed by atoms with Gasteiger partial charge in [-0.3, -0.25) is 4.79 Å². The summed E-state index contributed by atoms with van der Waals surface area (Å²) < 4.78 is 9.92. The molecule has 6 heteroatoms. The van der Waals surface area contributed by atoms with Crippen molar-refractivity contribution in [3.63, 3.8) is 0 Å². The summed E-state index contributed by atoms with van der Waals surface area (Å²) in [6, 6.07) is 4.14. The van der Waals surface area contributed by atoms with Crippen molar-refractivity contribution in [1.82, 2.24) is 5.32 Å². The Hall–Kier alpha value is -1.79. The van der Waals surface area contributed by atoms with Crippen LogP contribution in [0.2, 0.25) is 0 Å². The molecule has 6 nitrogen and oxygen atoms in total. The Kier molecular flexibility index (Phi) is 5.41. The number of phenolic OH excluding ortho intramolecular Hbond substituents is 1. The van der Waals surface area contributed by atoms with Crippen LogP contribution < -0.4 is 15.8 Å². The van der Waals surface area contributed by atoms with Gasteiger partial charge in [0.1, 0.15) is 11.5 Å². The summed E-state index contributed by atoms with van der Waals surface area (Å²) in [7, 11) is 3.01. The second kappa shape index (κ2) is 6.83. The molecule has 1 aromatic rings. The van der Waals surface area contributed by atoms with Gasteiger partial charge in [0.2, 0.25) is 0 Å². The third kappa shape index (κ3) is 3.61. The van der Waals surface area contributed by atoms with E-state index in [-0.39, 0.29) is 23.9 Å². The molecular formula is C12H18N2O4. The fourth-order valence-electron chi connectivity index (χ4n) is 1.46. The number of hydrogen-bond donors (Lipinski definition) is 3. The van der Waals surface area contributed by atoms with E-state index < -0.39 is 5.91 Å². The van der Waals surface area contributed by atoms with E-state index in [0.29, 0.717) is 12.4 Å². The number of ether oxygens (including phenoxy) is 2. The Morgan fingerprint density at radius 2 is 2.22 bits per heavy atom. The molecule has 100 valence electrons. The molecule has 0 radical (unpaired) electrons. The summed E-state index contributed by atoms with van der Waals surface area (Å²) in [5.41, 5.74) is 5.64. The van der Waals surface area contributed by atoms with E-state index in [2.05, 4.69) is 5.32 Å². The monoisotopic (exact) mass is 254 g/mol. The molecule has 0 fully saturated rings. The largest absolute Gasteiger partial charge is 0.507 e. The Balaban J connectivity index is 2.82. The maximum absolute atomic E-state index is 11.9. The van der Waals surface area contributed by atoms with Crippen LogP contribution in [0.25, 0.3) is 0 Å². The smallest absolute Gasteiger partial charge is 0.255 e. The lowest BCUT2D eigenvalue weighted by molar-refractivity contribution is 0.0897. The number of carbonyl (C=O) groups excluding carboxylic acids is 1. The van der Waals surface area contributed by atoms with E-state index in [1.807, 2.05) is 0 Å². The first-order valence-corrected chi connectivity index (χ1v) is 5.49. The van der Waals surface area contributed by atoms with Gasteiger partial charge in [-0.05, 0) is 18.2 Å². The lowest BCUT2D eigenvalue weighted by atomic mass is 10.1. The third-order valence-electron chi connectivity index (χ3n) is 2.44. The zero-order valence-corrected chi connectivity index (χ0v) is 10.5. The number of nitrogens with one attached hydrogen (secondary N) is 1. The Morgan fingerprint density at radius 1 is 1.50 bits per heavy atom. The van der Waals surface area contributed by atoms with E-state index in [0.717, 1.165) is 0 Å². The molecule has 0 aliphatic heterocycles. The molecule has 0 spiro atoms. The van der Waals surface area contributed by atoms with Gasteiger partial charge in [-0.25, -0.2) is 0 Å². The summed E-state index contributed by atoms with van der Waals surface area (Å²) in [6.07, 6.45) is 0. The van der Waals surface area contributed by atoms with Crippen LogP contribution in [0, 0.1) is 0 Å². The van der Waals surface area contributed by atoms with E-state index in [1.54, 1.807) is 6.07 Å². The molecule has 0 saturated carbocycles. The zero-order valence-electron chi connectivity index (χ0n) is 10.5. The molecular weight excluding hydrogens is 236 g/mol. The number of benzene rings is 1. The van der Waals surface area contributed by atoms with Crippen LogP contribution in [-0.2, 0) is 4.74 Å². The first kappa shape index (κ1) is 14.3. The van der Waals surface area contributed by atoms with E-state index >= 15 is 0 Å². The predicted molar refractivity (Wildman–Crippen MR) is 66.8 cm³/mol. The number of rotatable bonds is 6. The van der Waals surface area contributed by atoms with Crippen LogP contribution in [0.15, 0.2) is 18.2 Å². The second-order valence-electron chi connectivity index (χ2n) is 3.74. The predicted octanol–water partition coefficient (Wildman–Crippen LogP) is 0.104. The van der Waals surface area contributed by atoms with E-state index in [9.17, 15) is 9.90 Å². The van der Waals surface area contributed by atoms with Gasteiger partial charge in [0.15, 0.2) is 0 Å². The van der Waals surface area contributed by atoms with Crippen molar-refractivity contribution in [2.45, 2.75) is 6.04 Å². The summed E-state index contributed by atoms with van der Waals surface area (Å²) in [5.74, 6) is -0.0330. The summed E-state index contributed by atoms with van der Waals surface area (Å²) in [4.78, 5) is 11.9. The number of nitrogens with two attached hydrogens (primary N) is 1. The Morgan fingerprint density at radius 3 is 2.78 bits per heavy atom. The van der Waals surface area contributed by atoms with Crippen LogP contribution in [0.1, 0.15) is 10.4 Å². The average molecular weight is 254 g/mol. The lowest BCUT2D eigenvalue weighted by Crippen LogP contribution is -2.43. The molecule has 0 aromatic heterocycles. The molecule has 0 aliphatic rings. The third-order valence-corrected chi connectivity index (χ3v) is 2.44. The van der Waals surface area contributed by atoms with E-state index in [1.165, 1.54) is 26.4 Å². The van der Waals surface area contributed by atoms with Crippen molar-refractivity contribution in [3.05, 3.63) is 23.8 Å². The number of carbonyl (C=O) groups is 1. The number of amides is 1. The molecule has 1 amide bonds. The summed E-state index contributed by atoms with van der Waals surface area (Å²) in [5, 5.41) is 12.3. The van der Waals surface area contributed by atoms with Crippen molar-refractivity contribution in [2.24, 2.45) is 5.73 Å². The lowest BCUT2D eigenvalue weighted by Gasteiger charge is -2.16. The normalized spacial score (nSPS) is 11.9. The second-order valence-corrected chi connectivity index (χ2v) is 3.74. The molecule has 1 atom stereocenters. The van der Waals surface area contributed by atoms with Gasteiger partial charge in [-0.1, -0.05) is 0 Å². The molecule has 0 saturated heterocycles. The minimum Gasteiger partial charge on any atom is -0.507 e. The topological polar surface area (TPSA) is 93.8 Å². The number of methoxy groups -OCH3 is 2. The fraction of sp³-hybridized carbons (Fsp3) is 0.417. The van der Waals surface area contributed by atoms with Gasteiger partial charge in [-0.15, -0.1) is 0 Å². The van der Waals surface area contributed by atoms with Crippen molar-refractivity contribution >= 4 is 5.91 Å². The van der Waals surface area contributed by atoms with Crippen LogP contribution in [0.4, 0.5) is 0 Å². The fourth-order valence-corrected chi connectivity index (χ4v) is 1.46. The molecule has 1 rings (SSSR count). The molecule has 0 aliphatic carbocycles.